The van der Waals surface area contributed by atoms with E-state index in [-0.39, 0.29) is 0 Å². The molecule has 0 aliphatic carbocycles. The number of rotatable bonds is 0. The van der Waals surface area contributed by atoms with Crippen LogP contribution in [-0.4, -0.2) is 20.2 Å². The highest BCUT2D eigenvalue weighted by atomic mass is 32.2. The molecular weight excluding hydrogens is 196 g/mol. The average molecular weight is 202 g/mol. The van der Waals surface area contributed by atoms with Crippen molar-refractivity contribution in [1.82, 2.24) is 0 Å². The topological polar surface area (TPSA) is 58.9 Å². The van der Waals surface area contributed by atoms with E-state index in [4.69, 9.17) is 0 Å². The first-order valence-electron chi connectivity index (χ1n) is 3.00. The molecule has 0 radical (unpaired) electrons. The summed E-state index contributed by atoms with van der Waals surface area (Å²) in [5, 5.41) is 3.06. The van der Waals surface area contributed by atoms with E-state index in [1.807, 2.05) is 0 Å². The van der Waals surface area contributed by atoms with Crippen LogP contribution in [-0.2, 0) is 21.8 Å². The number of aliphatic imine (C=N–C) groups is 1. The first-order chi connectivity index (χ1) is 5.79. The molecule has 2 aliphatic heterocycles. The van der Waals surface area contributed by atoms with Crippen molar-refractivity contribution in [2.24, 2.45) is 9.39 Å². The summed E-state index contributed by atoms with van der Waals surface area (Å²) in [7, 11) is -1.93. The van der Waals surface area contributed by atoms with Gasteiger partial charge in [0.05, 0.1) is 16.3 Å². The van der Waals surface area contributed by atoms with Gasteiger partial charge in [0.2, 0.25) is 0 Å². The summed E-state index contributed by atoms with van der Waals surface area (Å²) in [6.45, 7) is 0. The van der Waals surface area contributed by atoms with E-state index >= 15 is 0 Å². The highest BCUT2D eigenvalue weighted by molar-refractivity contribution is 8.01. The van der Waals surface area contributed by atoms with Gasteiger partial charge in [-0.25, -0.2) is 8.42 Å². The van der Waals surface area contributed by atoms with Crippen molar-refractivity contribution < 1.29 is 8.42 Å². The maximum atomic E-state index is 10.1. The molecule has 0 spiro atoms. The molecule has 0 aromatic heterocycles. The Labute approximate surface area is 74.9 Å². The third kappa shape index (κ3) is 3.49. The summed E-state index contributed by atoms with van der Waals surface area (Å²) in [5.74, 6) is 0. The quantitative estimate of drug-likeness (QED) is 0.574. The Morgan fingerprint density at radius 1 is 1.17 bits per heavy atom. The van der Waals surface area contributed by atoms with Crippen LogP contribution in [0.3, 0.4) is 0 Å². The predicted molar refractivity (Wildman–Crippen MR) is 51.5 cm³/mol. The van der Waals surface area contributed by atoms with Gasteiger partial charge in [0.1, 0.15) is 0 Å². The van der Waals surface area contributed by atoms with Crippen molar-refractivity contribution in [2.75, 3.05) is 0 Å². The standard InChI is InChI=1S/2C3H3NOS/c5-6-2-1-4-3-6;5-6-3-1-2-4-6/h2*1-3H. The molecule has 0 aromatic rings. The number of hydrogen-bond donors (Lipinski definition) is 0. The van der Waals surface area contributed by atoms with Gasteiger partial charge in [-0.2, -0.15) is 4.40 Å². The molecule has 64 valence electrons. The van der Waals surface area contributed by atoms with Crippen LogP contribution in [0.15, 0.2) is 32.5 Å². The zero-order chi connectivity index (χ0) is 8.81. The Morgan fingerprint density at radius 2 is 2.00 bits per heavy atom. The molecule has 0 N–H and O–H groups in total. The summed E-state index contributed by atoms with van der Waals surface area (Å²) < 4.78 is 23.7. The Morgan fingerprint density at radius 3 is 2.17 bits per heavy atom. The first-order valence-corrected chi connectivity index (χ1v) is 5.44. The zero-order valence-corrected chi connectivity index (χ0v) is 7.62. The Hall–Kier alpha value is -0.880. The lowest BCUT2D eigenvalue weighted by Gasteiger charge is -1.65. The van der Waals surface area contributed by atoms with Crippen LogP contribution in [0.2, 0.25) is 0 Å². The van der Waals surface area contributed by atoms with E-state index < -0.39 is 21.8 Å². The molecular formula is C6H6N2O2S2. The van der Waals surface area contributed by atoms with Crippen molar-refractivity contribution >= 4 is 33.5 Å². The predicted octanol–water partition coefficient (Wildman–Crippen LogP) is 0.496. The van der Waals surface area contributed by atoms with E-state index in [0.717, 1.165) is 0 Å². The maximum absolute atomic E-state index is 10.1. The van der Waals surface area contributed by atoms with Gasteiger partial charge in [-0.1, -0.05) is 0 Å². The smallest absolute Gasteiger partial charge is 0.165 e. The van der Waals surface area contributed by atoms with Crippen LogP contribution in [0, 0.1) is 0 Å². The minimum atomic E-state index is -1.03. The second-order valence-electron chi connectivity index (χ2n) is 1.73. The highest BCUT2D eigenvalue weighted by Gasteiger charge is 1.88. The molecule has 0 fully saturated rings. The molecule has 12 heavy (non-hydrogen) atoms. The number of nitrogens with zero attached hydrogens (tertiary/aromatic N) is 2. The lowest BCUT2D eigenvalue weighted by Crippen LogP contribution is -1.73. The molecule has 2 rings (SSSR count). The van der Waals surface area contributed by atoms with Crippen LogP contribution in [0.1, 0.15) is 0 Å². The summed E-state index contributed by atoms with van der Waals surface area (Å²) >= 11 is 0. The Balaban J connectivity index is 0.000000120. The third-order valence-electron chi connectivity index (χ3n) is 0.892. The van der Waals surface area contributed by atoms with Gasteiger partial charge in [-0.3, -0.25) is 4.99 Å². The molecule has 6 heteroatoms. The van der Waals surface area contributed by atoms with Crippen molar-refractivity contribution in [2.45, 2.75) is 0 Å². The van der Waals surface area contributed by atoms with Crippen LogP contribution in [0.25, 0.3) is 0 Å². The monoisotopic (exact) mass is 202 g/mol. The maximum Gasteiger partial charge on any atom is 0.165 e. The van der Waals surface area contributed by atoms with Crippen molar-refractivity contribution in [3.05, 3.63) is 23.1 Å². The Bertz CT molecular complexity index is 258. The molecule has 0 aromatic carbocycles. The summed E-state index contributed by atoms with van der Waals surface area (Å²) in [6.07, 6.45) is 4.71. The molecule has 0 amide bonds. The fourth-order valence-corrected chi connectivity index (χ4v) is 1.37. The van der Waals surface area contributed by atoms with Gasteiger partial charge in [0, 0.05) is 23.2 Å². The van der Waals surface area contributed by atoms with Crippen molar-refractivity contribution in [3.8, 4) is 0 Å². The minimum Gasteiger partial charge on any atom is -0.254 e. The molecule has 2 unspecified atom stereocenters. The number of hydrogen-bond acceptors (Lipinski definition) is 3. The highest BCUT2D eigenvalue weighted by Crippen LogP contribution is 1.90. The molecule has 2 aliphatic rings. The van der Waals surface area contributed by atoms with E-state index in [0.29, 0.717) is 0 Å². The minimum absolute atomic E-state index is 0.895. The summed E-state index contributed by atoms with van der Waals surface area (Å²) in [5.41, 5.74) is 1.39. The molecule has 0 bridgehead atoms. The lowest BCUT2D eigenvalue weighted by atomic mass is 10.7. The SMILES string of the molecule is O=S1C=CC=N1.O=S1C=CN=C1. The van der Waals surface area contributed by atoms with E-state index in [1.54, 1.807) is 6.08 Å². The van der Waals surface area contributed by atoms with Gasteiger partial charge >= 0.3 is 0 Å². The summed E-state index contributed by atoms with van der Waals surface area (Å²) in [6, 6.07) is 0. The molecule has 0 saturated heterocycles. The fourth-order valence-electron chi connectivity index (χ4n) is 0.458. The largest absolute Gasteiger partial charge is 0.254 e. The van der Waals surface area contributed by atoms with E-state index in [2.05, 4.69) is 9.39 Å². The molecule has 0 saturated carbocycles. The van der Waals surface area contributed by atoms with Crippen LogP contribution < -0.4 is 0 Å². The van der Waals surface area contributed by atoms with Gasteiger partial charge in [0.25, 0.3) is 0 Å². The molecule has 2 atom stereocenters. The van der Waals surface area contributed by atoms with Crippen LogP contribution in [0.4, 0.5) is 0 Å². The van der Waals surface area contributed by atoms with Gasteiger partial charge in [0.15, 0.2) is 11.0 Å². The second-order valence-corrected chi connectivity index (χ2v) is 3.90. The van der Waals surface area contributed by atoms with Crippen molar-refractivity contribution in [1.29, 1.82) is 0 Å². The molecule has 2 heterocycles. The van der Waals surface area contributed by atoms with Gasteiger partial charge in [-0.05, 0) is 6.08 Å². The third-order valence-corrected chi connectivity index (χ3v) is 2.33. The molecule has 4 nitrogen and oxygen atoms in total. The zero-order valence-electron chi connectivity index (χ0n) is 5.99. The first kappa shape index (κ1) is 9.21. The van der Waals surface area contributed by atoms with E-state index in [9.17, 15) is 8.42 Å². The number of allylic oxidation sites excluding steroid dienone is 1. The normalized spacial score (nSPS) is 29.0. The summed E-state index contributed by atoms with van der Waals surface area (Å²) in [4.78, 5) is 3.56. The fraction of sp³-hybridized carbons (Fsp3) is 0. The lowest BCUT2D eigenvalue weighted by molar-refractivity contribution is 0.690. The van der Waals surface area contributed by atoms with Crippen LogP contribution >= 0.6 is 0 Å². The van der Waals surface area contributed by atoms with Crippen molar-refractivity contribution in [3.63, 3.8) is 0 Å². The van der Waals surface area contributed by atoms with Gasteiger partial charge in [-0.15, -0.1) is 0 Å². The second kappa shape index (κ2) is 4.89. The van der Waals surface area contributed by atoms with Crippen LogP contribution in [0.5, 0.6) is 0 Å². The average Bonchev–Trinajstić information content (AvgIpc) is 2.63. The Kier molecular flexibility index (Phi) is 3.75. The van der Waals surface area contributed by atoms with E-state index in [1.165, 1.54) is 28.8 Å². The van der Waals surface area contributed by atoms with Gasteiger partial charge < -0.3 is 0 Å².